The van der Waals surface area contributed by atoms with E-state index in [1.807, 2.05) is 56.3 Å². The molecule has 0 aliphatic rings. The van der Waals surface area contributed by atoms with Crippen LogP contribution in [0, 0.1) is 13.8 Å². The van der Waals surface area contributed by atoms with E-state index in [1.54, 1.807) is 6.07 Å². The first-order valence-corrected chi connectivity index (χ1v) is 10.4. The third kappa shape index (κ3) is 6.40. The van der Waals surface area contributed by atoms with Crippen LogP contribution in [0.15, 0.2) is 73.3 Å². The molecule has 0 spiro atoms. The molecule has 2 aromatic carbocycles. The molecule has 0 fully saturated rings. The predicted octanol–water partition coefficient (Wildman–Crippen LogP) is 5.19. The maximum absolute atomic E-state index is 12.0. The van der Waals surface area contributed by atoms with Crippen LogP contribution in [0.2, 0.25) is 10.6 Å². The number of carbonyl (C=O) groups is 1. The summed E-state index contributed by atoms with van der Waals surface area (Å²) in [4.78, 5) is 27.2. The number of hydrogen-bond acceptors (Lipinski definition) is 6. The van der Waals surface area contributed by atoms with Crippen molar-refractivity contribution in [3.8, 4) is 0 Å². The van der Waals surface area contributed by atoms with Gasteiger partial charge in [0.2, 0.25) is 10.6 Å². The molecule has 6 nitrogen and oxygen atoms in total. The van der Waals surface area contributed by atoms with E-state index in [0.717, 1.165) is 16.7 Å². The lowest BCUT2D eigenvalue weighted by Gasteiger charge is -2.11. The van der Waals surface area contributed by atoms with Crippen molar-refractivity contribution in [1.82, 2.24) is 19.9 Å². The van der Waals surface area contributed by atoms with Gasteiger partial charge in [-0.2, -0.15) is 0 Å². The molecule has 0 amide bonds. The second kappa shape index (κ2) is 10.9. The average Bonchev–Trinajstić information content (AvgIpc) is 2.80. The van der Waals surface area contributed by atoms with Crippen molar-refractivity contribution in [1.29, 1.82) is 0 Å². The minimum atomic E-state index is -0.711. The molecule has 2 heterocycles. The number of benzene rings is 2. The molecule has 32 heavy (non-hydrogen) atoms. The highest BCUT2D eigenvalue weighted by atomic mass is 35.5. The lowest BCUT2D eigenvalue weighted by atomic mass is 10.0. The van der Waals surface area contributed by atoms with Gasteiger partial charge < -0.3 is 5.11 Å². The summed E-state index contributed by atoms with van der Waals surface area (Å²) in [5.74, 6) is -0.0969. The zero-order chi connectivity index (χ0) is 23.1. The molecule has 0 saturated heterocycles. The minimum Gasteiger partial charge on any atom is -0.384 e. The Kier molecular flexibility index (Phi) is 8.00. The number of carbonyl (C=O) groups excluding carboxylic acids is 1. The van der Waals surface area contributed by atoms with Gasteiger partial charge in [-0.3, -0.25) is 4.79 Å². The van der Waals surface area contributed by atoms with Crippen LogP contribution in [-0.4, -0.2) is 30.8 Å². The van der Waals surface area contributed by atoms with E-state index in [0.29, 0.717) is 16.7 Å². The minimum absolute atomic E-state index is 0.0969. The summed E-state index contributed by atoms with van der Waals surface area (Å²) in [5, 5.41) is 10.4. The molecule has 2 aromatic heterocycles. The molecular formula is C24H20Cl2N4O2. The fourth-order valence-corrected chi connectivity index (χ4v) is 3.07. The topological polar surface area (TPSA) is 88.9 Å². The van der Waals surface area contributed by atoms with Gasteiger partial charge in [-0.25, -0.2) is 19.9 Å². The van der Waals surface area contributed by atoms with Gasteiger partial charge in [0, 0.05) is 35.9 Å². The van der Waals surface area contributed by atoms with E-state index < -0.39 is 6.10 Å². The van der Waals surface area contributed by atoms with Gasteiger partial charge in [-0.15, -0.1) is 0 Å². The molecule has 1 N–H and O–H groups in total. The molecule has 4 rings (SSSR count). The van der Waals surface area contributed by atoms with Crippen molar-refractivity contribution in [3.05, 3.63) is 117 Å². The maximum atomic E-state index is 12.0. The lowest BCUT2D eigenvalue weighted by Crippen LogP contribution is -2.02. The third-order valence-electron chi connectivity index (χ3n) is 4.48. The van der Waals surface area contributed by atoms with Crippen LogP contribution < -0.4 is 0 Å². The second-order valence-corrected chi connectivity index (χ2v) is 7.72. The summed E-state index contributed by atoms with van der Waals surface area (Å²) in [7, 11) is 0. The van der Waals surface area contributed by atoms with Crippen LogP contribution >= 0.6 is 23.2 Å². The van der Waals surface area contributed by atoms with Crippen LogP contribution in [-0.2, 0) is 0 Å². The number of aromatic nitrogens is 4. The zero-order valence-corrected chi connectivity index (χ0v) is 18.9. The molecule has 8 heteroatoms. The van der Waals surface area contributed by atoms with E-state index in [-0.39, 0.29) is 16.4 Å². The largest absolute Gasteiger partial charge is 0.384 e. The van der Waals surface area contributed by atoms with Gasteiger partial charge in [0.1, 0.15) is 6.10 Å². The van der Waals surface area contributed by atoms with Crippen molar-refractivity contribution < 1.29 is 9.90 Å². The zero-order valence-electron chi connectivity index (χ0n) is 17.4. The smallest absolute Gasteiger partial charge is 0.222 e. The lowest BCUT2D eigenvalue weighted by molar-refractivity contribution is 0.103. The van der Waals surface area contributed by atoms with Gasteiger partial charge in [0.15, 0.2) is 5.78 Å². The van der Waals surface area contributed by atoms with Crippen molar-refractivity contribution in [2.45, 2.75) is 20.0 Å². The number of nitrogens with zero attached hydrogens (tertiary/aromatic N) is 4. The number of hydrogen-bond donors (Lipinski definition) is 1. The van der Waals surface area contributed by atoms with E-state index in [4.69, 9.17) is 23.2 Å². The first-order chi connectivity index (χ1) is 15.3. The van der Waals surface area contributed by atoms with Crippen LogP contribution in [0.25, 0.3) is 0 Å². The summed E-state index contributed by atoms with van der Waals surface area (Å²) < 4.78 is 0. The number of aryl methyl sites for hydroxylation is 2. The number of rotatable bonds is 4. The molecule has 0 bridgehead atoms. The van der Waals surface area contributed by atoms with Gasteiger partial charge in [-0.1, -0.05) is 53.6 Å². The maximum Gasteiger partial charge on any atom is 0.222 e. The molecule has 4 aromatic rings. The van der Waals surface area contributed by atoms with E-state index in [9.17, 15) is 9.90 Å². The summed E-state index contributed by atoms with van der Waals surface area (Å²) in [6, 6.07) is 15.1. The highest BCUT2D eigenvalue weighted by molar-refractivity contribution is 6.28. The monoisotopic (exact) mass is 466 g/mol. The van der Waals surface area contributed by atoms with Crippen LogP contribution in [0.3, 0.4) is 0 Å². The molecule has 1 atom stereocenters. The van der Waals surface area contributed by atoms with Crippen molar-refractivity contribution in [2.24, 2.45) is 0 Å². The number of aliphatic hydroxyl groups is 1. The Bertz CT molecular complexity index is 1200. The first-order valence-electron chi connectivity index (χ1n) is 9.64. The van der Waals surface area contributed by atoms with Crippen molar-refractivity contribution >= 4 is 29.0 Å². The second-order valence-electron chi connectivity index (χ2n) is 7.04. The van der Waals surface area contributed by atoms with Gasteiger partial charge in [0.05, 0.1) is 5.56 Å². The molecular weight excluding hydrogens is 447 g/mol. The Hall–Kier alpha value is -3.19. The Balaban J connectivity index is 0.000000181. The Labute approximate surface area is 196 Å². The number of halogens is 2. The molecule has 0 aliphatic heterocycles. The average molecular weight is 467 g/mol. The fourth-order valence-electron chi connectivity index (χ4n) is 2.88. The predicted molar refractivity (Wildman–Crippen MR) is 124 cm³/mol. The van der Waals surface area contributed by atoms with E-state index in [2.05, 4.69) is 19.9 Å². The van der Waals surface area contributed by atoms with Gasteiger partial charge in [0.25, 0.3) is 0 Å². The normalized spacial score (nSPS) is 11.3. The number of ketones is 1. The SMILES string of the molecule is Cc1cccc(C(=O)c2cnc(Cl)nc2)c1.Cc1cccc(C(O)c2cnc(Cl)nc2)c1. The highest BCUT2D eigenvalue weighted by Gasteiger charge is 2.11. The van der Waals surface area contributed by atoms with E-state index >= 15 is 0 Å². The Morgan fingerprint density at radius 3 is 1.84 bits per heavy atom. The summed E-state index contributed by atoms with van der Waals surface area (Å²) in [6.07, 6.45) is 5.21. The first kappa shape index (κ1) is 23.5. The van der Waals surface area contributed by atoms with Crippen LogP contribution in [0.4, 0.5) is 0 Å². The van der Waals surface area contributed by atoms with Crippen LogP contribution in [0.5, 0.6) is 0 Å². The Morgan fingerprint density at radius 2 is 1.28 bits per heavy atom. The molecule has 162 valence electrons. The molecule has 1 unspecified atom stereocenters. The van der Waals surface area contributed by atoms with E-state index in [1.165, 1.54) is 24.8 Å². The van der Waals surface area contributed by atoms with Crippen molar-refractivity contribution in [3.63, 3.8) is 0 Å². The standard InChI is InChI=1S/C12H11ClN2O.C12H9ClN2O/c2*1-8-3-2-4-9(5-8)11(16)10-6-14-12(13)15-7-10/h2-7,11,16H,1H3;2-7H,1H3. The highest BCUT2D eigenvalue weighted by Crippen LogP contribution is 2.21. The quantitative estimate of drug-likeness (QED) is 0.328. The third-order valence-corrected chi connectivity index (χ3v) is 4.87. The van der Waals surface area contributed by atoms with Gasteiger partial charge >= 0.3 is 0 Å². The summed E-state index contributed by atoms with van der Waals surface area (Å²) in [6.45, 7) is 3.92. The molecule has 0 radical (unpaired) electrons. The number of aliphatic hydroxyl groups excluding tert-OH is 1. The molecule has 0 saturated carbocycles. The summed E-state index contributed by atoms with van der Waals surface area (Å²) >= 11 is 11.1. The summed E-state index contributed by atoms with van der Waals surface area (Å²) in [5.41, 5.74) is 4.68. The fraction of sp³-hybridized carbons (Fsp3) is 0.125. The van der Waals surface area contributed by atoms with Gasteiger partial charge in [-0.05, 0) is 48.7 Å². The van der Waals surface area contributed by atoms with Crippen molar-refractivity contribution in [2.75, 3.05) is 0 Å². The Morgan fingerprint density at radius 1 is 0.750 bits per heavy atom. The molecule has 0 aliphatic carbocycles. The van der Waals surface area contributed by atoms with Crippen LogP contribution in [0.1, 0.15) is 44.3 Å².